The molecule has 0 radical (unpaired) electrons. The Morgan fingerprint density at radius 3 is 2.56 bits per heavy atom. The van der Waals surface area contributed by atoms with Crippen LogP contribution in [0, 0.1) is 11.7 Å². The molecule has 172 valence electrons. The van der Waals surface area contributed by atoms with Crippen LogP contribution in [-0.4, -0.2) is 33.7 Å². The monoisotopic (exact) mass is 473 g/mol. The van der Waals surface area contributed by atoms with Crippen molar-refractivity contribution in [1.29, 1.82) is 0 Å². The second kappa shape index (κ2) is 10.1. The number of ether oxygens (including phenoxy) is 1. The maximum absolute atomic E-state index is 12.9. The number of nitrogens with zero attached hydrogens (tertiary/aromatic N) is 2. The van der Waals surface area contributed by atoms with E-state index in [2.05, 4.69) is 20.8 Å². The number of rotatable bonds is 7. The Balaban J connectivity index is 1.52. The summed E-state index contributed by atoms with van der Waals surface area (Å²) in [5.41, 5.74) is 3.25. The SMILES string of the molecule is COc1cccc(NC(=O)c2ccccc2NC(=O)Cn2c(-c3ccc(C)cc3)n[nH]c2=S)c1. The van der Waals surface area contributed by atoms with Gasteiger partial charge in [-0.3, -0.25) is 19.3 Å². The first-order valence-electron chi connectivity index (χ1n) is 10.5. The first-order chi connectivity index (χ1) is 16.4. The van der Waals surface area contributed by atoms with Crippen molar-refractivity contribution >= 4 is 35.4 Å². The van der Waals surface area contributed by atoms with Crippen molar-refractivity contribution in [2.45, 2.75) is 13.5 Å². The minimum Gasteiger partial charge on any atom is -0.497 e. The van der Waals surface area contributed by atoms with Gasteiger partial charge in [-0.15, -0.1) is 0 Å². The quantitative estimate of drug-likeness (QED) is 0.334. The van der Waals surface area contributed by atoms with E-state index in [0.29, 0.717) is 33.3 Å². The number of para-hydroxylation sites is 1. The second-order valence-electron chi connectivity index (χ2n) is 7.58. The molecule has 3 aromatic carbocycles. The van der Waals surface area contributed by atoms with Crippen LogP contribution in [-0.2, 0) is 11.3 Å². The fraction of sp³-hybridized carbons (Fsp3) is 0.120. The molecular formula is C25H23N5O3S. The summed E-state index contributed by atoms with van der Waals surface area (Å²) >= 11 is 5.33. The molecule has 0 aliphatic carbocycles. The highest BCUT2D eigenvalue weighted by Crippen LogP contribution is 2.21. The van der Waals surface area contributed by atoms with E-state index in [9.17, 15) is 9.59 Å². The number of methoxy groups -OCH3 is 1. The van der Waals surface area contributed by atoms with E-state index in [0.717, 1.165) is 11.1 Å². The number of aryl methyl sites for hydroxylation is 1. The van der Waals surface area contributed by atoms with Gasteiger partial charge in [0.05, 0.1) is 18.4 Å². The average molecular weight is 474 g/mol. The third kappa shape index (κ3) is 5.21. The Morgan fingerprint density at radius 1 is 1.03 bits per heavy atom. The highest BCUT2D eigenvalue weighted by Gasteiger charge is 2.16. The third-order valence-corrected chi connectivity index (χ3v) is 5.45. The lowest BCUT2D eigenvalue weighted by atomic mass is 10.1. The molecule has 0 fully saturated rings. The lowest BCUT2D eigenvalue weighted by Gasteiger charge is -2.13. The Hall–Kier alpha value is -4.24. The number of amides is 2. The van der Waals surface area contributed by atoms with Gasteiger partial charge in [0.15, 0.2) is 10.6 Å². The van der Waals surface area contributed by atoms with Crippen molar-refractivity contribution in [2.24, 2.45) is 0 Å². The summed E-state index contributed by atoms with van der Waals surface area (Å²) in [5.74, 6) is 0.488. The van der Waals surface area contributed by atoms with Gasteiger partial charge in [0, 0.05) is 17.3 Å². The maximum Gasteiger partial charge on any atom is 0.257 e. The minimum absolute atomic E-state index is 0.0651. The average Bonchev–Trinajstić information content (AvgIpc) is 3.19. The van der Waals surface area contributed by atoms with E-state index in [4.69, 9.17) is 17.0 Å². The van der Waals surface area contributed by atoms with Gasteiger partial charge in [-0.05, 0) is 43.4 Å². The molecular weight excluding hydrogens is 450 g/mol. The van der Waals surface area contributed by atoms with Gasteiger partial charge in [0.2, 0.25) is 5.91 Å². The van der Waals surface area contributed by atoms with Crippen molar-refractivity contribution in [2.75, 3.05) is 17.7 Å². The fourth-order valence-corrected chi connectivity index (χ4v) is 3.61. The normalized spacial score (nSPS) is 10.5. The molecule has 0 aliphatic heterocycles. The summed E-state index contributed by atoms with van der Waals surface area (Å²) in [4.78, 5) is 25.8. The number of anilines is 2. The van der Waals surface area contributed by atoms with Crippen LogP contribution in [0.5, 0.6) is 5.75 Å². The largest absolute Gasteiger partial charge is 0.497 e. The predicted molar refractivity (Wildman–Crippen MR) is 134 cm³/mol. The molecule has 0 unspecified atom stereocenters. The number of aromatic nitrogens is 3. The van der Waals surface area contributed by atoms with Crippen LogP contribution in [0.2, 0.25) is 0 Å². The van der Waals surface area contributed by atoms with Crippen molar-refractivity contribution in [1.82, 2.24) is 14.8 Å². The van der Waals surface area contributed by atoms with Gasteiger partial charge in [-0.1, -0.05) is 48.0 Å². The van der Waals surface area contributed by atoms with Gasteiger partial charge in [-0.2, -0.15) is 5.10 Å². The molecule has 2 amide bonds. The van der Waals surface area contributed by atoms with Crippen LogP contribution in [0.1, 0.15) is 15.9 Å². The number of aromatic amines is 1. The maximum atomic E-state index is 12.9. The van der Waals surface area contributed by atoms with E-state index >= 15 is 0 Å². The number of hydrogen-bond donors (Lipinski definition) is 3. The molecule has 0 saturated carbocycles. The van der Waals surface area contributed by atoms with Crippen LogP contribution >= 0.6 is 12.2 Å². The zero-order valence-corrected chi connectivity index (χ0v) is 19.5. The highest BCUT2D eigenvalue weighted by atomic mass is 32.1. The van der Waals surface area contributed by atoms with Crippen molar-refractivity contribution in [3.8, 4) is 17.1 Å². The highest BCUT2D eigenvalue weighted by molar-refractivity contribution is 7.71. The molecule has 4 aromatic rings. The molecule has 1 aromatic heterocycles. The number of hydrogen-bond acceptors (Lipinski definition) is 5. The van der Waals surface area contributed by atoms with E-state index in [-0.39, 0.29) is 18.4 Å². The van der Waals surface area contributed by atoms with Gasteiger partial charge in [0.1, 0.15) is 12.3 Å². The first kappa shape index (κ1) is 22.9. The van der Waals surface area contributed by atoms with Gasteiger partial charge >= 0.3 is 0 Å². The van der Waals surface area contributed by atoms with Crippen LogP contribution in [0.4, 0.5) is 11.4 Å². The van der Waals surface area contributed by atoms with E-state index in [1.54, 1.807) is 60.2 Å². The zero-order valence-electron chi connectivity index (χ0n) is 18.7. The minimum atomic E-state index is -0.357. The Kier molecular flexibility index (Phi) is 6.84. The topological polar surface area (TPSA) is 101 Å². The summed E-state index contributed by atoms with van der Waals surface area (Å²) in [7, 11) is 1.56. The summed E-state index contributed by atoms with van der Waals surface area (Å²) in [6.07, 6.45) is 0. The van der Waals surface area contributed by atoms with Crippen molar-refractivity contribution < 1.29 is 14.3 Å². The first-order valence-corrected chi connectivity index (χ1v) is 10.9. The number of carbonyl (C=O) groups excluding carboxylic acids is 2. The summed E-state index contributed by atoms with van der Waals surface area (Å²) in [6.45, 7) is 1.93. The lowest BCUT2D eigenvalue weighted by molar-refractivity contribution is -0.116. The molecule has 0 aliphatic rings. The second-order valence-corrected chi connectivity index (χ2v) is 7.97. The predicted octanol–water partition coefficient (Wildman–Crippen LogP) is 4.82. The molecule has 34 heavy (non-hydrogen) atoms. The molecule has 4 rings (SSSR count). The van der Waals surface area contributed by atoms with Crippen LogP contribution < -0.4 is 15.4 Å². The molecule has 0 atom stereocenters. The Labute approximate surface area is 201 Å². The third-order valence-electron chi connectivity index (χ3n) is 5.14. The molecule has 3 N–H and O–H groups in total. The van der Waals surface area contributed by atoms with Crippen molar-refractivity contribution in [3.63, 3.8) is 0 Å². The molecule has 0 spiro atoms. The Morgan fingerprint density at radius 2 is 1.79 bits per heavy atom. The number of nitrogens with one attached hydrogen (secondary N) is 3. The smallest absolute Gasteiger partial charge is 0.257 e. The molecule has 8 nitrogen and oxygen atoms in total. The summed E-state index contributed by atoms with van der Waals surface area (Å²) in [6, 6.07) is 21.6. The van der Waals surface area contributed by atoms with Crippen LogP contribution in [0.25, 0.3) is 11.4 Å². The van der Waals surface area contributed by atoms with Crippen LogP contribution in [0.15, 0.2) is 72.8 Å². The number of benzene rings is 3. The molecule has 0 saturated heterocycles. The van der Waals surface area contributed by atoms with E-state index in [1.165, 1.54) is 0 Å². The fourth-order valence-electron chi connectivity index (χ4n) is 3.41. The molecule has 1 heterocycles. The van der Waals surface area contributed by atoms with E-state index < -0.39 is 0 Å². The molecule has 9 heteroatoms. The lowest BCUT2D eigenvalue weighted by Crippen LogP contribution is -2.22. The standard InChI is InChI=1S/C25H23N5O3S/c1-16-10-12-17(13-11-16)23-28-29-25(34)30(23)15-22(31)27-21-9-4-3-8-20(21)24(32)26-18-6-5-7-19(14-18)33-2/h3-14H,15H2,1-2H3,(H,26,32)(H,27,31)(H,29,34). The van der Waals surface area contributed by atoms with Crippen molar-refractivity contribution in [3.05, 3.63) is 88.7 Å². The summed E-state index contributed by atoms with van der Waals surface area (Å²) in [5, 5.41) is 12.7. The van der Waals surface area contributed by atoms with Gasteiger partial charge in [0.25, 0.3) is 5.91 Å². The van der Waals surface area contributed by atoms with Crippen LogP contribution in [0.3, 0.4) is 0 Å². The van der Waals surface area contributed by atoms with Gasteiger partial charge in [-0.25, -0.2) is 0 Å². The number of H-pyrrole nitrogens is 1. The van der Waals surface area contributed by atoms with E-state index in [1.807, 2.05) is 31.2 Å². The zero-order chi connectivity index (χ0) is 24.1. The van der Waals surface area contributed by atoms with Gasteiger partial charge < -0.3 is 15.4 Å². The molecule has 0 bridgehead atoms. The Bertz CT molecular complexity index is 1390. The number of carbonyl (C=O) groups is 2. The summed E-state index contributed by atoms with van der Waals surface area (Å²) < 4.78 is 7.15.